The first-order chi connectivity index (χ1) is 9.60. The van der Waals surface area contributed by atoms with Crippen molar-refractivity contribution < 1.29 is 9.53 Å². The number of carbonyl (C=O) groups excluding carboxylic acids is 1. The van der Waals surface area contributed by atoms with Gasteiger partial charge < -0.3 is 9.64 Å². The number of fused-ring (bicyclic) bond motifs is 5. The van der Waals surface area contributed by atoms with Gasteiger partial charge in [-0.3, -0.25) is 4.79 Å². The quantitative estimate of drug-likeness (QED) is 0.725. The number of ether oxygens (including phenoxy) is 1. The van der Waals surface area contributed by atoms with Crippen molar-refractivity contribution >= 4 is 11.5 Å². The first-order valence-electron chi connectivity index (χ1n) is 7.64. The van der Waals surface area contributed by atoms with Crippen LogP contribution in [0.4, 0.5) is 5.69 Å². The van der Waals surface area contributed by atoms with Crippen molar-refractivity contribution in [3.8, 4) is 0 Å². The lowest BCUT2D eigenvalue weighted by Gasteiger charge is -2.41. The highest BCUT2D eigenvalue weighted by molar-refractivity contribution is 5.96. The molecule has 2 bridgehead atoms. The molecule has 1 aliphatic carbocycles. The molecule has 1 aromatic rings. The normalized spacial score (nSPS) is 47.6. The molecule has 5 rings (SSSR count). The molecule has 1 saturated carbocycles. The fourth-order valence-corrected chi connectivity index (χ4v) is 5.65. The van der Waals surface area contributed by atoms with Crippen molar-refractivity contribution in [3.05, 3.63) is 29.8 Å². The number of hydrogen-bond acceptors (Lipinski definition) is 3. The van der Waals surface area contributed by atoms with Crippen molar-refractivity contribution in [3.63, 3.8) is 0 Å². The van der Waals surface area contributed by atoms with Gasteiger partial charge in [0, 0.05) is 18.7 Å². The molecule has 2 saturated heterocycles. The average molecular weight is 269 g/mol. The van der Waals surface area contributed by atoms with E-state index in [1.54, 1.807) is 0 Å². The predicted molar refractivity (Wildman–Crippen MR) is 75.9 cm³/mol. The number of benzene rings is 1. The Morgan fingerprint density at radius 3 is 2.95 bits per heavy atom. The van der Waals surface area contributed by atoms with E-state index in [2.05, 4.69) is 43.1 Å². The van der Waals surface area contributed by atoms with Gasteiger partial charge in [0.15, 0.2) is 5.78 Å². The third kappa shape index (κ3) is 0.891. The van der Waals surface area contributed by atoms with Crippen LogP contribution in [-0.4, -0.2) is 30.6 Å². The molecule has 1 spiro atoms. The van der Waals surface area contributed by atoms with Gasteiger partial charge in [-0.05, 0) is 37.8 Å². The highest BCUT2D eigenvalue weighted by Crippen LogP contribution is 2.70. The Kier molecular flexibility index (Phi) is 1.76. The lowest BCUT2D eigenvalue weighted by atomic mass is 9.60. The third-order valence-corrected chi connectivity index (χ3v) is 6.55. The summed E-state index contributed by atoms with van der Waals surface area (Å²) in [5.74, 6) is 0.731. The molecule has 5 atom stereocenters. The first-order valence-corrected chi connectivity index (χ1v) is 7.64. The Morgan fingerprint density at radius 1 is 1.30 bits per heavy atom. The second kappa shape index (κ2) is 3.11. The van der Waals surface area contributed by atoms with Crippen LogP contribution in [0, 0.1) is 5.41 Å². The molecule has 104 valence electrons. The Hall–Kier alpha value is -1.35. The number of nitrogens with zero attached hydrogens (tertiary/aromatic N) is 1. The summed E-state index contributed by atoms with van der Waals surface area (Å²) in [6.45, 7) is 2.15. The third-order valence-electron chi connectivity index (χ3n) is 6.55. The minimum absolute atomic E-state index is 0.214. The molecular formula is C17H19NO2. The maximum Gasteiger partial charge on any atom is 0.172 e. The predicted octanol–water partition coefficient (Wildman–Crippen LogP) is 2.50. The molecule has 0 amide bonds. The average Bonchev–Trinajstić information content (AvgIpc) is 3.10. The van der Waals surface area contributed by atoms with Crippen molar-refractivity contribution in [1.82, 2.24) is 0 Å². The van der Waals surface area contributed by atoms with Crippen molar-refractivity contribution in [2.45, 2.75) is 49.9 Å². The molecule has 20 heavy (non-hydrogen) atoms. The maximum absolute atomic E-state index is 12.9. The summed E-state index contributed by atoms with van der Waals surface area (Å²) in [4.78, 5) is 15.1. The van der Waals surface area contributed by atoms with Crippen molar-refractivity contribution in [1.29, 1.82) is 0 Å². The van der Waals surface area contributed by atoms with Crippen LogP contribution in [0.25, 0.3) is 0 Å². The lowest BCUT2D eigenvalue weighted by molar-refractivity contribution is -0.129. The summed E-state index contributed by atoms with van der Waals surface area (Å²) in [5.41, 5.74) is 2.19. The van der Waals surface area contributed by atoms with E-state index >= 15 is 0 Å². The van der Waals surface area contributed by atoms with E-state index in [1.807, 2.05) is 0 Å². The second-order valence-electron chi connectivity index (χ2n) is 7.12. The highest BCUT2D eigenvalue weighted by atomic mass is 16.5. The van der Waals surface area contributed by atoms with E-state index in [4.69, 9.17) is 4.74 Å². The molecule has 0 radical (unpaired) electrons. The van der Waals surface area contributed by atoms with Gasteiger partial charge in [-0.25, -0.2) is 0 Å². The van der Waals surface area contributed by atoms with E-state index in [1.165, 1.54) is 11.3 Å². The van der Waals surface area contributed by atoms with Crippen molar-refractivity contribution in [2.24, 2.45) is 5.41 Å². The number of ketones is 1. The zero-order valence-corrected chi connectivity index (χ0v) is 11.9. The number of carbonyl (C=O) groups is 1. The van der Waals surface area contributed by atoms with Crippen molar-refractivity contribution in [2.75, 3.05) is 11.9 Å². The molecule has 3 heterocycles. The summed E-state index contributed by atoms with van der Waals surface area (Å²) >= 11 is 0. The lowest BCUT2D eigenvalue weighted by Crippen LogP contribution is -2.55. The van der Waals surface area contributed by atoms with Crippen LogP contribution in [-0.2, 0) is 9.53 Å². The summed E-state index contributed by atoms with van der Waals surface area (Å²) in [7, 11) is 2.11. The Morgan fingerprint density at radius 2 is 2.10 bits per heavy atom. The molecule has 0 aromatic heterocycles. The maximum atomic E-state index is 12.9. The topological polar surface area (TPSA) is 29.5 Å². The molecule has 4 aliphatic rings. The molecule has 3 nitrogen and oxygen atoms in total. The minimum Gasteiger partial charge on any atom is -0.368 e. The van der Waals surface area contributed by atoms with Gasteiger partial charge in [-0.15, -0.1) is 0 Å². The van der Waals surface area contributed by atoms with Crippen LogP contribution in [0.3, 0.4) is 0 Å². The number of para-hydroxylation sites is 1. The second-order valence-corrected chi connectivity index (χ2v) is 7.12. The standard InChI is InChI=1S/C17H19NO2/c1-16-8-5-9-17(16)12-10-6-3-4-7-11(10)18(2)13(12)14(20-17)15(16)19/h3-4,6-7,12-14H,5,8-9H2,1-2H3/t12-,13+,14+,16+,17-/m1/s1. The minimum atomic E-state index is -0.253. The van der Waals surface area contributed by atoms with E-state index in [-0.39, 0.29) is 23.2 Å². The van der Waals surface area contributed by atoms with Gasteiger partial charge in [0.05, 0.1) is 17.1 Å². The molecular weight excluding hydrogens is 250 g/mol. The van der Waals surface area contributed by atoms with Crippen LogP contribution in [0.15, 0.2) is 24.3 Å². The van der Waals surface area contributed by atoms with Gasteiger partial charge in [0.2, 0.25) is 0 Å². The van der Waals surface area contributed by atoms with E-state index in [9.17, 15) is 4.79 Å². The van der Waals surface area contributed by atoms with Gasteiger partial charge in [-0.2, -0.15) is 0 Å². The monoisotopic (exact) mass is 269 g/mol. The first kappa shape index (κ1) is 11.3. The Bertz CT molecular complexity index is 642. The number of Topliss-reactive ketones (excluding diaryl/α,β-unsaturated/α-hetero) is 1. The molecule has 0 unspecified atom stereocenters. The zero-order chi connectivity index (χ0) is 13.7. The molecule has 0 N–H and O–H groups in total. The van der Waals surface area contributed by atoms with Gasteiger partial charge in [-0.1, -0.05) is 18.2 Å². The molecule has 1 aromatic carbocycles. The van der Waals surface area contributed by atoms with Gasteiger partial charge in [0.1, 0.15) is 6.10 Å². The number of hydrogen-bond donors (Lipinski definition) is 0. The highest BCUT2D eigenvalue weighted by Gasteiger charge is 2.77. The summed E-state index contributed by atoms with van der Waals surface area (Å²) in [5, 5.41) is 0. The van der Waals surface area contributed by atoms with Crippen LogP contribution >= 0.6 is 0 Å². The smallest absolute Gasteiger partial charge is 0.172 e. The van der Waals surface area contributed by atoms with Crippen LogP contribution in [0.1, 0.15) is 37.7 Å². The molecule has 3 heteroatoms. The molecule has 3 aliphatic heterocycles. The van der Waals surface area contributed by atoms with Gasteiger partial charge in [0.25, 0.3) is 0 Å². The van der Waals surface area contributed by atoms with Gasteiger partial charge >= 0.3 is 0 Å². The van der Waals surface area contributed by atoms with E-state index < -0.39 is 0 Å². The summed E-state index contributed by atoms with van der Waals surface area (Å²) < 4.78 is 6.40. The SMILES string of the molecule is CN1c2ccccc2[C@@H]2[C@H]1[C@@H]1O[C@]23CCC[C@@]3(C)C1=O. The number of anilines is 1. The fourth-order valence-electron chi connectivity index (χ4n) is 5.65. The van der Waals surface area contributed by atoms with Crippen LogP contribution < -0.4 is 4.90 Å². The number of rotatable bonds is 0. The summed E-state index contributed by atoms with van der Waals surface area (Å²) in [6.07, 6.45) is 2.93. The van der Waals surface area contributed by atoms with E-state index in [0.717, 1.165) is 19.3 Å². The summed E-state index contributed by atoms with van der Waals surface area (Å²) in [6, 6.07) is 8.84. The fraction of sp³-hybridized carbons (Fsp3) is 0.588. The Balaban J connectivity index is 1.78. The number of likely N-dealkylation sites (N-methyl/N-ethyl adjacent to an activating group) is 1. The zero-order valence-electron chi connectivity index (χ0n) is 11.9. The largest absolute Gasteiger partial charge is 0.368 e. The molecule has 3 fully saturated rings. The Labute approximate surface area is 118 Å². The van der Waals surface area contributed by atoms with Crippen LogP contribution in [0.5, 0.6) is 0 Å². The van der Waals surface area contributed by atoms with Crippen LogP contribution in [0.2, 0.25) is 0 Å². The van der Waals surface area contributed by atoms with E-state index in [0.29, 0.717) is 11.7 Å².